The fourth-order valence-corrected chi connectivity index (χ4v) is 0. The van der Waals surface area contributed by atoms with Gasteiger partial charge in [-0.2, -0.15) is 0 Å². The molecule has 0 bridgehead atoms. The second-order valence-corrected chi connectivity index (χ2v) is 2.32. The zero-order valence-corrected chi connectivity index (χ0v) is 8.00. The van der Waals surface area contributed by atoms with E-state index in [0.717, 1.165) is 0 Å². The van der Waals surface area contributed by atoms with E-state index >= 15 is 0 Å². The molecule has 0 aromatic rings. The molecule has 0 spiro atoms. The molecule has 0 saturated carbocycles. The first-order chi connectivity index (χ1) is 3.73. The van der Waals surface area contributed by atoms with Crippen molar-refractivity contribution in [3.63, 3.8) is 0 Å². The molecule has 0 heterocycles. The van der Waals surface area contributed by atoms with E-state index in [1.54, 1.807) is 13.8 Å². The minimum atomic E-state index is -5.17. The van der Waals surface area contributed by atoms with Crippen molar-refractivity contribution >= 4 is 33.5 Å². The molecular formula is C3H8MgO5S. The van der Waals surface area contributed by atoms with Gasteiger partial charge in [0.1, 0.15) is 0 Å². The van der Waals surface area contributed by atoms with Crippen molar-refractivity contribution in [1.29, 1.82) is 0 Å². The van der Waals surface area contributed by atoms with Crippen LogP contribution in [0.2, 0.25) is 0 Å². The average molecular weight is 180 g/mol. The maximum Gasteiger partial charge on any atom is 2.00 e. The van der Waals surface area contributed by atoms with E-state index in [9.17, 15) is 0 Å². The van der Waals surface area contributed by atoms with Crippen LogP contribution >= 0.6 is 0 Å². The van der Waals surface area contributed by atoms with Crippen LogP contribution in [0.3, 0.4) is 0 Å². The first kappa shape index (κ1) is 16.9. The molecule has 0 amide bonds. The summed E-state index contributed by atoms with van der Waals surface area (Å²) in [5.74, 6) is 0. The van der Waals surface area contributed by atoms with Gasteiger partial charge in [-0.25, -0.2) is 0 Å². The van der Waals surface area contributed by atoms with Gasteiger partial charge in [0, 0.05) is 16.5 Å². The molecule has 1 N–H and O–H groups in total. The number of aliphatic hydroxyl groups excluding tert-OH is 1. The van der Waals surface area contributed by atoms with E-state index in [2.05, 4.69) is 0 Å². The van der Waals surface area contributed by atoms with Gasteiger partial charge in [-0.15, -0.1) is 0 Å². The SMILES string of the molecule is CC(C)O.O=S(=O)([O-])[O-].[Mg+2]. The monoisotopic (exact) mass is 180 g/mol. The first-order valence-electron chi connectivity index (χ1n) is 2.08. The molecule has 0 saturated heterocycles. The van der Waals surface area contributed by atoms with E-state index in [1.807, 2.05) is 0 Å². The maximum absolute atomic E-state index is 8.52. The number of rotatable bonds is 0. The zero-order valence-electron chi connectivity index (χ0n) is 5.77. The summed E-state index contributed by atoms with van der Waals surface area (Å²) in [6.45, 7) is 3.44. The van der Waals surface area contributed by atoms with Crippen LogP contribution in [0.4, 0.5) is 0 Å². The number of aliphatic hydroxyl groups is 1. The van der Waals surface area contributed by atoms with Gasteiger partial charge in [0.2, 0.25) is 0 Å². The van der Waals surface area contributed by atoms with Crippen LogP contribution in [0.15, 0.2) is 0 Å². The van der Waals surface area contributed by atoms with E-state index in [4.69, 9.17) is 22.6 Å². The summed E-state index contributed by atoms with van der Waals surface area (Å²) in [5.41, 5.74) is 0. The van der Waals surface area contributed by atoms with E-state index < -0.39 is 10.4 Å². The molecule has 0 aliphatic rings. The molecule has 7 heteroatoms. The molecular weight excluding hydrogens is 172 g/mol. The topological polar surface area (TPSA) is 100 Å². The maximum atomic E-state index is 8.52. The summed E-state index contributed by atoms with van der Waals surface area (Å²) in [4.78, 5) is 0. The van der Waals surface area contributed by atoms with Crippen molar-refractivity contribution in [3.8, 4) is 0 Å². The Morgan fingerprint density at radius 2 is 1.30 bits per heavy atom. The largest absolute Gasteiger partial charge is 2.00 e. The smallest absolute Gasteiger partial charge is 0.759 e. The van der Waals surface area contributed by atoms with Crippen molar-refractivity contribution in [3.05, 3.63) is 0 Å². The molecule has 0 aliphatic carbocycles. The van der Waals surface area contributed by atoms with Crippen LogP contribution in [0.1, 0.15) is 13.8 Å². The average Bonchev–Trinajstić information content (AvgIpc) is 1.19. The molecule has 0 atom stereocenters. The third-order valence-corrected chi connectivity index (χ3v) is 0. The van der Waals surface area contributed by atoms with Gasteiger partial charge >= 0.3 is 23.1 Å². The van der Waals surface area contributed by atoms with Crippen molar-refractivity contribution in [1.82, 2.24) is 0 Å². The van der Waals surface area contributed by atoms with Crippen LogP contribution in [0.5, 0.6) is 0 Å². The molecule has 0 radical (unpaired) electrons. The molecule has 0 unspecified atom stereocenters. The van der Waals surface area contributed by atoms with E-state index in [1.165, 1.54) is 0 Å². The van der Waals surface area contributed by atoms with Crippen molar-refractivity contribution < 1.29 is 22.6 Å². The van der Waals surface area contributed by atoms with Gasteiger partial charge in [-0.05, 0) is 13.8 Å². The summed E-state index contributed by atoms with van der Waals surface area (Å²) in [5, 5.41) is 8.06. The Labute approximate surface area is 76.2 Å². The van der Waals surface area contributed by atoms with Crippen LogP contribution < -0.4 is 0 Å². The van der Waals surface area contributed by atoms with Gasteiger partial charge in [0.05, 0.1) is 0 Å². The fourth-order valence-electron chi connectivity index (χ4n) is 0. The predicted octanol–water partition coefficient (Wildman–Crippen LogP) is -1.33. The fraction of sp³-hybridized carbons (Fsp3) is 1.00. The summed E-state index contributed by atoms with van der Waals surface area (Å²) in [6.07, 6.45) is -0.167. The Kier molecular flexibility index (Phi) is 13.0. The Balaban J connectivity index is -0.0000000910. The Morgan fingerprint density at radius 1 is 1.30 bits per heavy atom. The first-order valence-corrected chi connectivity index (χ1v) is 3.41. The van der Waals surface area contributed by atoms with Gasteiger partial charge in [0.15, 0.2) is 0 Å². The summed E-state index contributed by atoms with van der Waals surface area (Å²) < 4.78 is 34.1. The van der Waals surface area contributed by atoms with Gasteiger partial charge < -0.3 is 14.2 Å². The third kappa shape index (κ3) is 1400. The number of hydrogen-bond acceptors (Lipinski definition) is 5. The molecule has 0 aromatic heterocycles. The minimum Gasteiger partial charge on any atom is -0.759 e. The summed E-state index contributed by atoms with van der Waals surface area (Å²) >= 11 is 0. The van der Waals surface area contributed by atoms with E-state index in [0.29, 0.717) is 0 Å². The van der Waals surface area contributed by atoms with Gasteiger partial charge in [-0.3, -0.25) is 8.42 Å². The normalized spacial score (nSPS) is 9.40. The minimum absolute atomic E-state index is 0. The van der Waals surface area contributed by atoms with E-state index in [-0.39, 0.29) is 29.2 Å². The van der Waals surface area contributed by atoms with Crippen molar-refractivity contribution in [2.24, 2.45) is 0 Å². The second kappa shape index (κ2) is 7.70. The van der Waals surface area contributed by atoms with Gasteiger partial charge in [-0.1, -0.05) is 0 Å². The molecule has 10 heavy (non-hydrogen) atoms. The molecule has 0 aliphatic heterocycles. The molecule has 5 nitrogen and oxygen atoms in total. The van der Waals surface area contributed by atoms with Crippen LogP contribution in [-0.4, -0.2) is 51.8 Å². The molecule has 0 aromatic carbocycles. The molecule has 0 rings (SSSR count). The van der Waals surface area contributed by atoms with Crippen molar-refractivity contribution in [2.45, 2.75) is 20.0 Å². The van der Waals surface area contributed by atoms with Gasteiger partial charge in [0.25, 0.3) is 0 Å². The summed E-state index contributed by atoms with van der Waals surface area (Å²) in [6, 6.07) is 0. The molecule has 58 valence electrons. The number of hydrogen-bond donors (Lipinski definition) is 1. The summed E-state index contributed by atoms with van der Waals surface area (Å²) in [7, 11) is -5.17. The van der Waals surface area contributed by atoms with Crippen LogP contribution in [-0.2, 0) is 10.4 Å². The Hall–Kier alpha value is 0.596. The zero-order chi connectivity index (χ0) is 8.08. The Bertz CT molecular complexity index is 128. The second-order valence-electron chi connectivity index (χ2n) is 1.50. The standard InChI is InChI=1S/C3H8O.Mg.H2O4S/c1-3(2)4;;1-5(2,3)4/h3-4H,1-2H3;;(H2,1,2,3,4)/q;+2;/p-2. The molecule has 0 fully saturated rings. The Morgan fingerprint density at radius 3 is 1.30 bits per heavy atom. The van der Waals surface area contributed by atoms with Crippen LogP contribution in [0, 0.1) is 0 Å². The quantitative estimate of drug-likeness (QED) is 0.283. The van der Waals surface area contributed by atoms with Crippen LogP contribution in [0.25, 0.3) is 0 Å². The predicted molar refractivity (Wildman–Crippen MR) is 33.6 cm³/mol. The third-order valence-electron chi connectivity index (χ3n) is 0. The van der Waals surface area contributed by atoms with Crippen molar-refractivity contribution in [2.75, 3.05) is 0 Å².